The summed E-state index contributed by atoms with van der Waals surface area (Å²) in [6.45, 7) is 0.953. The first-order chi connectivity index (χ1) is 10.9. The summed E-state index contributed by atoms with van der Waals surface area (Å²) in [6, 6.07) is 19.2. The van der Waals surface area contributed by atoms with Crippen molar-refractivity contribution in [3.05, 3.63) is 66.4 Å². The van der Waals surface area contributed by atoms with Crippen LogP contribution in [0, 0.1) is 0 Å². The van der Waals surface area contributed by atoms with E-state index < -0.39 is 0 Å². The Morgan fingerprint density at radius 3 is 2.86 bits per heavy atom. The summed E-state index contributed by atoms with van der Waals surface area (Å²) in [5, 5.41) is 0. The summed E-state index contributed by atoms with van der Waals surface area (Å²) in [6.07, 6.45) is 2.17. The molecule has 3 nitrogen and oxygen atoms in total. The molecule has 0 fully saturated rings. The number of hydrogen-bond acceptors (Lipinski definition) is 2. The average molecular weight is 283 g/mol. The second kappa shape index (κ2) is 3.53. The highest BCUT2D eigenvalue weighted by Gasteiger charge is 2.50. The molecule has 2 aromatic carbocycles. The van der Waals surface area contributed by atoms with E-state index in [0.717, 1.165) is 18.0 Å². The van der Waals surface area contributed by atoms with E-state index in [2.05, 4.69) is 64.1 Å². The molecule has 4 heteroatoms. The highest BCUT2D eigenvalue weighted by molar-refractivity contribution is 6.76. The topological polar surface area (TPSA) is 16.4 Å². The molecule has 0 aliphatic carbocycles. The Balaban J connectivity index is 1.75. The maximum absolute atomic E-state index is 6.28. The third-order valence-electron chi connectivity index (χ3n) is 4.93. The van der Waals surface area contributed by atoms with E-state index in [4.69, 9.17) is 4.65 Å². The zero-order valence-corrected chi connectivity index (χ0v) is 11.9. The van der Waals surface area contributed by atoms with Gasteiger partial charge in [-0.05, 0) is 24.3 Å². The highest BCUT2D eigenvalue weighted by Crippen LogP contribution is 2.48. The van der Waals surface area contributed by atoms with Crippen LogP contribution in [0.4, 0.5) is 11.4 Å². The quantitative estimate of drug-likeness (QED) is 0.363. The van der Waals surface area contributed by atoms with Crippen molar-refractivity contribution >= 4 is 23.9 Å². The molecule has 0 bridgehead atoms. The van der Waals surface area contributed by atoms with Crippen molar-refractivity contribution in [3.8, 4) is 17.0 Å². The maximum Gasteiger partial charge on any atom is 0.531 e. The van der Waals surface area contributed by atoms with Gasteiger partial charge in [0.1, 0.15) is 5.75 Å². The normalized spacial score (nSPS) is 15.3. The summed E-state index contributed by atoms with van der Waals surface area (Å²) in [4.78, 5) is 2.34. The van der Waals surface area contributed by atoms with Crippen LogP contribution in [0.2, 0.25) is 0 Å². The molecule has 0 N–H and O–H groups in total. The van der Waals surface area contributed by atoms with E-state index in [0.29, 0.717) is 0 Å². The Labute approximate surface area is 128 Å². The first kappa shape index (κ1) is 10.9. The third-order valence-corrected chi connectivity index (χ3v) is 4.93. The molecule has 0 saturated carbocycles. The molecule has 6 rings (SSSR count). The van der Waals surface area contributed by atoms with Crippen LogP contribution >= 0.6 is 0 Å². The predicted molar refractivity (Wildman–Crippen MR) is 85.8 cm³/mol. The molecule has 3 aromatic rings. The Morgan fingerprint density at radius 2 is 1.86 bits per heavy atom. The van der Waals surface area contributed by atoms with Gasteiger partial charge < -0.3 is 9.47 Å². The van der Waals surface area contributed by atoms with Crippen LogP contribution in [0.5, 0.6) is 5.75 Å². The molecule has 0 atom stereocenters. The van der Waals surface area contributed by atoms with Gasteiger partial charge in [0.25, 0.3) is 0 Å². The van der Waals surface area contributed by atoms with Gasteiger partial charge in [-0.2, -0.15) is 4.57 Å². The van der Waals surface area contributed by atoms with Crippen molar-refractivity contribution in [2.45, 2.75) is 6.54 Å². The van der Waals surface area contributed by atoms with Crippen molar-refractivity contribution in [3.63, 3.8) is 0 Å². The zero-order chi connectivity index (χ0) is 14.3. The van der Waals surface area contributed by atoms with Crippen LogP contribution in [0.15, 0.2) is 60.8 Å². The van der Waals surface area contributed by atoms with Crippen LogP contribution in [-0.4, -0.2) is 7.05 Å². The van der Waals surface area contributed by atoms with Gasteiger partial charge in [-0.3, -0.25) is 0 Å². The van der Waals surface area contributed by atoms with Crippen molar-refractivity contribution in [1.29, 1.82) is 0 Å². The summed E-state index contributed by atoms with van der Waals surface area (Å²) < 4.78 is 8.63. The molecular formula is C18H12BN2O+. The Bertz CT molecular complexity index is 969. The number of anilines is 2. The van der Waals surface area contributed by atoms with E-state index in [9.17, 15) is 0 Å². The summed E-state index contributed by atoms with van der Waals surface area (Å²) in [5.41, 5.74) is 7.77. The van der Waals surface area contributed by atoms with Crippen LogP contribution in [0.3, 0.4) is 0 Å². The predicted octanol–water partition coefficient (Wildman–Crippen LogP) is 2.24. The van der Waals surface area contributed by atoms with Crippen LogP contribution < -0.4 is 19.5 Å². The van der Waals surface area contributed by atoms with Gasteiger partial charge in [0.15, 0.2) is 12.7 Å². The molecule has 0 amide bonds. The standard InChI is InChI=1S/C18H12BN2O/c1-2-9-16-14(7-1)21-15-8-3-5-12-11-20-10-4-6-13(19(21)22-16)18(20)17(12)15/h1-10H,11H2/q+1. The van der Waals surface area contributed by atoms with E-state index in [-0.39, 0.29) is 7.05 Å². The summed E-state index contributed by atoms with van der Waals surface area (Å²) >= 11 is 0. The van der Waals surface area contributed by atoms with E-state index in [1.54, 1.807) is 0 Å². The lowest BCUT2D eigenvalue weighted by Crippen LogP contribution is -2.53. The number of rotatable bonds is 0. The fourth-order valence-electron chi connectivity index (χ4n) is 4.08. The van der Waals surface area contributed by atoms with E-state index in [1.165, 1.54) is 28.0 Å². The minimum absolute atomic E-state index is 0.0549. The Kier molecular flexibility index (Phi) is 1.75. The lowest BCUT2D eigenvalue weighted by Gasteiger charge is -2.28. The summed E-state index contributed by atoms with van der Waals surface area (Å²) in [5.74, 6) is 0.965. The average Bonchev–Trinajstić information content (AvgIpc) is 3.13. The lowest BCUT2D eigenvalue weighted by molar-refractivity contribution is -0.671. The molecule has 3 aliphatic heterocycles. The van der Waals surface area contributed by atoms with Crippen molar-refractivity contribution in [1.82, 2.24) is 0 Å². The smallest absolute Gasteiger partial charge is 0.531 e. The third kappa shape index (κ3) is 1.10. The minimum atomic E-state index is -0.0549. The Morgan fingerprint density at radius 1 is 0.955 bits per heavy atom. The van der Waals surface area contributed by atoms with Crippen LogP contribution in [0.25, 0.3) is 11.3 Å². The largest absolute Gasteiger partial charge is 0.536 e. The fourth-order valence-corrected chi connectivity index (χ4v) is 4.08. The van der Waals surface area contributed by atoms with Gasteiger partial charge in [-0.25, -0.2) is 0 Å². The number of fused-ring (bicyclic) bond motifs is 5. The van der Waals surface area contributed by atoms with E-state index in [1.807, 2.05) is 6.07 Å². The van der Waals surface area contributed by atoms with Gasteiger partial charge in [-0.15, -0.1) is 0 Å². The lowest BCUT2D eigenvalue weighted by atomic mass is 9.66. The van der Waals surface area contributed by atoms with Crippen LogP contribution in [0.1, 0.15) is 5.56 Å². The second-order valence-electron chi connectivity index (χ2n) is 6.06. The van der Waals surface area contributed by atoms with Gasteiger partial charge in [0.05, 0.1) is 16.7 Å². The molecule has 4 heterocycles. The number of benzene rings is 2. The number of hydrogen-bond donors (Lipinski definition) is 0. The van der Waals surface area contributed by atoms with Crippen molar-refractivity contribution in [2.24, 2.45) is 0 Å². The monoisotopic (exact) mass is 283 g/mol. The first-order valence-corrected chi connectivity index (χ1v) is 7.61. The number of nitrogens with zero attached hydrogens (tertiary/aromatic N) is 2. The summed E-state index contributed by atoms with van der Waals surface area (Å²) in [7, 11) is -0.0549. The molecule has 1 aromatic heterocycles. The van der Waals surface area contributed by atoms with Gasteiger partial charge in [0.2, 0.25) is 5.69 Å². The molecule has 0 saturated heterocycles. The molecule has 102 valence electrons. The molecule has 0 unspecified atom stereocenters. The van der Waals surface area contributed by atoms with E-state index >= 15 is 0 Å². The highest BCUT2D eigenvalue weighted by atomic mass is 16.5. The molecule has 0 radical (unpaired) electrons. The molecule has 3 aliphatic rings. The molecule has 22 heavy (non-hydrogen) atoms. The molecular weight excluding hydrogens is 271 g/mol. The second-order valence-corrected chi connectivity index (χ2v) is 6.06. The zero-order valence-electron chi connectivity index (χ0n) is 11.9. The maximum atomic E-state index is 6.28. The van der Waals surface area contributed by atoms with Crippen molar-refractivity contribution < 1.29 is 9.22 Å². The Hall–Kier alpha value is -2.75. The first-order valence-electron chi connectivity index (χ1n) is 7.61. The minimum Gasteiger partial charge on any atom is -0.536 e. The van der Waals surface area contributed by atoms with Gasteiger partial charge >= 0.3 is 7.05 Å². The molecule has 0 spiro atoms. The fraction of sp³-hybridized carbons (Fsp3) is 0.0556. The number of aromatic nitrogens is 1. The van der Waals surface area contributed by atoms with Crippen molar-refractivity contribution in [2.75, 3.05) is 4.81 Å². The van der Waals surface area contributed by atoms with Gasteiger partial charge in [-0.1, -0.05) is 24.3 Å². The number of pyridine rings is 1. The van der Waals surface area contributed by atoms with Gasteiger partial charge in [0, 0.05) is 17.3 Å². The van der Waals surface area contributed by atoms with Crippen LogP contribution in [-0.2, 0) is 6.54 Å². The SMILES string of the molecule is c1ccc2c(c1)OB1c3ccc[n+]4c3-c3c(cccc3N12)C4. The number of para-hydroxylation sites is 2.